The first kappa shape index (κ1) is 18.0. The van der Waals surface area contributed by atoms with Crippen LogP contribution in [0.25, 0.3) is 12.2 Å². The van der Waals surface area contributed by atoms with Crippen molar-refractivity contribution < 1.29 is 14.6 Å². The maximum absolute atomic E-state index is 9.94. The quantitative estimate of drug-likeness (QED) is 0.756. The third-order valence-corrected chi connectivity index (χ3v) is 3.48. The third kappa shape index (κ3) is 5.72. The van der Waals surface area contributed by atoms with Crippen molar-refractivity contribution in [1.29, 1.82) is 0 Å². The molecule has 0 saturated carbocycles. The van der Waals surface area contributed by atoms with E-state index < -0.39 is 6.10 Å². The molecule has 128 valence electrons. The van der Waals surface area contributed by atoms with Crippen molar-refractivity contribution in [3.63, 3.8) is 0 Å². The normalized spacial score (nSPS) is 12.5. The standard InChI is InChI=1S/C20H25NO3/c1-21(2)14-18(22)15-24-20-10-5-4-8-17(20)12-11-16-7-6-9-19(13-16)23-3/h4-13,18,22H,14-15H2,1-3H3. The molecule has 1 unspecified atom stereocenters. The number of nitrogens with zero attached hydrogens (tertiary/aromatic N) is 1. The second-order valence-electron chi connectivity index (χ2n) is 5.87. The highest BCUT2D eigenvalue weighted by atomic mass is 16.5. The predicted octanol–water partition coefficient (Wildman–Crippen LogP) is 3.17. The fraction of sp³-hybridized carbons (Fsp3) is 0.300. The van der Waals surface area contributed by atoms with E-state index in [2.05, 4.69) is 0 Å². The second kappa shape index (κ2) is 9.11. The van der Waals surface area contributed by atoms with Crippen molar-refractivity contribution in [1.82, 2.24) is 4.90 Å². The van der Waals surface area contributed by atoms with E-state index in [1.54, 1.807) is 7.11 Å². The van der Waals surface area contributed by atoms with Gasteiger partial charge in [0.15, 0.2) is 0 Å². The summed E-state index contributed by atoms with van der Waals surface area (Å²) >= 11 is 0. The van der Waals surface area contributed by atoms with Crippen LogP contribution < -0.4 is 9.47 Å². The molecule has 0 bridgehead atoms. The number of hydrogen-bond donors (Lipinski definition) is 1. The zero-order valence-corrected chi connectivity index (χ0v) is 14.5. The van der Waals surface area contributed by atoms with Gasteiger partial charge in [0.05, 0.1) is 7.11 Å². The molecule has 0 aliphatic carbocycles. The number of hydrogen-bond acceptors (Lipinski definition) is 4. The summed E-state index contributed by atoms with van der Waals surface area (Å²) in [4.78, 5) is 1.93. The molecule has 1 atom stereocenters. The minimum atomic E-state index is -0.518. The number of para-hydroxylation sites is 1. The average Bonchev–Trinajstić information content (AvgIpc) is 2.58. The Balaban J connectivity index is 2.06. The topological polar surface area (TPSA) is 41.9 Å². The lowest BCUT2D eigenvalue weighted by molar-refractivity contribution is 0.0830. The van der Waals surface area contributed by atoms with Crippen LogP contribution in [0, 0.1) is 0 Å². The van der Waals surface area contributed by atoms with Gasteiger partial charge >= 0.3 is 0 Å². The Labute approximate surface area is 143 Å². The molecular formula is C20H25NO3. The van der Waals surface area contributed by atoms with Crippen molar-refractivity contribution in [2.24, 2.45) is 0 Å². The molecule has 0 aromatic heterocycles. The second-order valence-corrected chi connectivity index (χ2v) is 5.87. The summed E-state index contributed by atoms with van der Waals surface area (Å²) < 4.78 is 11.0. The fourth-order valence-electron chi connectivity index (χ4n) is 2.34. The molecule has 0 amide bonds. The SMILES string of the molecule is COc1cccc(C=Cc2ccccc2OCC(O)CN(C)C)c1. The van der Waals surface area contributed by atoms with Gasteiger partial charge in [-0.3, -0.25) is 0 Å². The van der Waals surface area contributed by atoms with Crippen molar-refractivity contribution in [3.8, 4) is 11.5 Å². The average molecular weight is 327 g/mol. The van der Waals surface area contributed by atoms with Gasteiger partial charge in [0.2, 0.25) is 0 Å². The van der Waals surface area contributed by atoms with Gasteiger partial charge in [-0.1, -0.05) is 42.5 Å². The first-order chi connectivity index (χ1) is 11.6. The van der Waals surface area contributed by atoms with Crippen LogP contribution in [0.1, 0.15) is 11.1 Å². The summed E-state index contributed by atoms with van der Waals surface area (Å²) in [7, 11) is 5.51. The van der Waals surface area contributed by atoms with E-state index in [1.807, 2.05) is 79.7 Å². The van der Waals surface area contributed by atoms with Crippen LogP contribution >= 0.6 is 0 Å². The van der Waals surface area contributed by atoms with E-state index in [0.717, 1.165) is 22.6 Å². The summed E-state index contributed by atoms with van der Waals surface area (Å²) in [6.45, 7) is 0.837. The molecule has 2 aromatic carbocycles. The van der Waals surface area contributed by atoms with E-state index in [-0.39, 0.29) is 6.61 Å². The van der Waals surface area contributed by atoms with Crippen molar-refractivity contribution in [2.45, 2.75) is 6.10 Å². The molecule has 0 fully saturated rings. The van der Waals surface area contributed by atoms with E-state index in [9.17, 15) is 5.11 Å². The smallest absolute Gasteiger partial charge is 0.126 e. The maximum Gasteiger partial charge on any atom is 0.126 e. The van der Waals surface area contributed by atoms with Crippen LogP contribution in [-0.4, -0.2) is 50.5 Å². The van der Waals surface area contributed by atoms with Crippen LogP contribution in [0.5, 0.6) is 11.5 Å². The Kier molecular flexibility index (Phi) is 6.85. The van der Waals surface area contributed by atoms with Crippen LogP contribution in [-0.2, 0) is 0 Å². The van der Waals surface area contributed by atoms with Crippen LogP contribution in [0.15, 0.2) is 48.5 Å². The van der Waals surface area contributed by atoms with Crippen molar-refractivity contribution in [2.75, 3.05) is 34.4 Å². The van der Waals surface area contributed by atoms with Gasteiger partial charge in [-0.2, -0.15) is 0 Å². The highest BCUT2D eigenvalue weighted by Gasteiger charge is 2.08. The first-order valence-corrected chi connectivity index (χ1v) is 7.95. The molecule has 4 nitrogen and oxygen atoms in total. The highest BCUT2D eigenvalue weighted by molar-refractivity contribution is 5.72. The molecule has 0 spiro atoms. The maximum atomic E-state index is 9.94. The summed E-state index contributed by atoms with van der Waals surface area (Å²) in [5, 5.41) is 9.94. The molecule has 0 heterocycles. The zero-order valence-electron chi connectivity index (χ0n) is 14.5. The minimum Gasteiger partial charge on any atom is -0.497 e. The summed E-state index contributed by atoms with van der Waals surface area (Å²) in [6.07, 6.45) is 3.50. The van der Waals surface area contributed by atoms with Crippen molar-refractivity contribution >= 4 is 12.2 Å². The van der Waals surface area contributed by atoms with E-state index in [1.165, 1.54) is 0 Å². The number of ether oxygens (including phenoxy) is 2. The van der Waals surface area contributed by atoms with Gasteiger partial charge in [-0.15, -0.1) is 0 Å². The van der Waals surface area contributed by atoms with Crippen LogP contribution in [0.4, 0.5) is 0 Å². The molecule has 4 heteroatoms. The van der Waals surface area contributed by atoms with E-state index in [4.69, 9.17) is 9.47 Å². The number of likely N-dealkylation sites (N-methyl/N-ethyl adjacent to an activating group) is 1. The predicted molar refractivity (Wildman–Crippen MR) is 98.4 cm³/mol. The van der Waals surface area contributed by atoms with Crippen LogP contribution in [0.3, 0.4) is 0 Å². The summed E-state index contributed by atoms with van der Waals surface area (Å²) in [5.74, 6) is 1.59. The Morgan fingerprint density at radius 3 is 2.62 bits per heavy atom. The van der Waals surface area contributed by atoms with Gasteiger partial charge in [0, 0.05) is 12.1 Å². The van der Waals surface area contributed by atoms with E-state index >= 15 is 0 Å². The molecule has 2 aromatic rings. The van der Waals surface area contributed by atoms with Gasteiger partial charge in [-0.05, 0) is 37.9 Å². The summed E-state index contributed by atoms with van der Waals surface area (Å²) in [6, 6.07) is 15.7. The molecule has 2 rings (SSSR count). The molecule has 1 N–H and O–H groups in total. The Bertz CT molecular complexity index is 667. The van der Waals surface area contributed by atoms with Crippen molar-refractivity contribution in [3.05, 3.63) is 59.7 Å². The number of aliphatic hydroxyl groups excluding tert-OH is 1. The Hall–Kier alpha value is -2.30. The molecule has 24 heavy (non-hydrogen) atoms. The van der Waals surface area contributed by atoms with Gasteiger partial charge in [0.25, 0.3) is 0 Å². The molecule has 0 radical (unpaired) electrons. The highest BCUT2D eigenvalue weighted by Crippen LogP contribution is 2.22. The molecule has 0 aliphatic heterocycles. The van der Waals surface area contributed by atoms with Crippen LogP contribution in [0.2, 0.25) is 0 Å². The van der Waals surface area contributed by atoms with E-state index in [0.29, 0.717) is 6.54 Å². The third-order valence-electron chi connectivity index (χ3n) is 3.48. The summed E-state index contributed by atoms with van der Waals surface area (Å²) in [5.41, 5.74) is 2.02. The largest absolute Gasteiger partial charge is 0.497 e. The Morgan fingerprint density at radius 1 is 1.08 bits per heavy atom. The lowest BCUT2D eigenvalue weighted by Crippen LogP contribution is -2.30. The number of benzene rings is 2. The van der Waals surface area contributed by atoms with Gasteiger partial charge in [-0.25, -0.2) is 0 Å². The molecular weight excluding hydrogens is 302 g/mol. The van der Waals surface area contributed by atoms with Gasteiger partial charge < -0.3 is 19.5 Å². The molecule has 0 saturated heterocycles. The monoisotopic (exact) mass is 327 g/mol. The lowest BCUT2D eigenvalue weighted by atomic mass is 10.1. The lowest BCUT2D eigenvalue weighted by Gasteiger charge is -2.17. The molecule has 0 aliphatic rings. The van der Waals surface area contributed by atoms with Gasteiger partial charge in [0.1, 0.15) is 24.2 Å². The zero-order chi connectivity index (χ0) is 17.4. The Morgan fingerprint density at radius 2 is 1.88 bits per heavy atom. The fourth-order valence-corrected chi connectivity index (χ4v) is 2.34. The first-order valence-electron chi connectivity index (χ1n) is 7.95. The minimum absolute atomic E-state index is 0.266. The number of methoxy groups -OCH3 is 1. The number of rotatable bonds is 8. The number of aliphatic hydroxyl groups is 1.